The summed E-state index contributed by atoms with van der Waals surface area (Å²) in [5, 5.41) is 2.15. The van der Waals surface area contributed by atoms with Crippen molar-refractivity contribution >= 4 is 27.7 Å². The molecule has 0 aliphatic heterocycles. The van der Waals surface area contributed by atoms with E-state index in [1.54, 1.807) is 18.6 Å². The molecular weight excluding hydrogens is 250 g/mol. The van der Waals surface area contributed by atoms with E-state index < -0.39 is 0 Å². The lowest BCUT2D eigenvalue weighted by molar-refractivity contribution is 0.0946. The largest absolute Gasteiger partial charge is 0.496 e. The zero-order valence-corrected chi connectivity index (χ0v) is 12.2. The Morgan fingerprint density at radius 1 is 1.10 bits per heavy atom. The normalized spacial score (nSPS) is 11.2. The van der Waals surface area contributed by atoms with Gasteiger partial charge in [-0.25, -0.2) is 0 Å². The van der Waals surface area contributed by atoms with Crippen LogP contribution in [0.15, 0.2) is 30.3 Å². The van der Waals surface area contributed by atoms with Crippen LogP contribution >= 0.6 is 0 Å². The number of nitrogens with zero attached hydrogens (tertiary/aromatic N) is 1. The quantitative estimate of drug-likeness (QED) is 0.665. The zero-order chi connectivity index (χ0) is 14.4. The van der Waals surface area contributed by atoms with Gasteiger partial charge in [-0.2, -0.15) is 0 Å². The van der Waals surface area contributed by atoms with Crippen LogP contribution in [0.4, 0.5) is 0 Å². The van der Waals surface area contributed by atoms with Gasteiger partial charge in [0.2, 0.25) is 5.91 Å². The van der Waals surface area contributed by atoms with Crippen molar-refractivity contribution in [3.8, 4) is 5.75 Å². The van der Waals surface area contributed by atoms with E-state index in [9.17, 15) is 4.79 Å². The highest BCUT2D eigenvalue weighted by Crippen LogP contribution is 2.36. The van der Waals surface area contributed by atoms with Crippen molar-refractivity contribution in [1.29, 1.82) is 0 Å². The highest BCUT2D eigenvalue weighted by atomic mass is 16.5. The van der Waals surface area contributed by atoms with Crippen molar-refractivity contribution in [2.24, 2.45) is 0 Å². The van der Waals surface area contributed by atoms with Gasteiger partial charge in [0.25, 0.3) is 0 Å². The number of methoxy groups -OCH3 is 1. The second-order valence-corrected chi connectivity index (χ2v) is 5.10. The first-order valence-electron chi connectivity index (χ1n) is 6.64. The summed E-state index contributed by atoms with van der Waals surface area (Å²) < 4.78 is 7.26. The van der Waals surface area contributed by atoms with Gasteiger partial charge in [0.15, 0.2) is 0 Å². The highest BCUT2D eigenvalue weighted by molar-refractivity contribution is 6.14. The third-order valence-electron chi connectivity index (χ3n) is 4.01. The molecule has 0 unspecified atom stereocenters. The van der Waals surface area contributed by atoms with Crippen LogP contribution < -0.4 is 4.74 Å². The number of fused-ring (bicyclic) bond motifs is 3. The molecule has 0 radical (unpaired) electrons. The molecule has 1 aromatic heterocycles. The van der Waals surface area contributed by atoms with E-state index in [1.807, 2.05) is 44.2 Å². The van der Waals surface area contributed by atoms with Gasteiger partial charge < -0.3 is 4.74 Å². The van der Waals surface area contributed by atoms with Crippen LogP contribution in [0.1, 0.15) is 22.8 Å². The molecule has 20 heavy (non-hydrogen) atoms. The first kappa shape index (κ1) is 12.7. The molecule has 0 aliphatic carbocycles. The van der Waals surface area contributed by atoms with E-state index in [0.29, 0.717) is 0 Å². The van der Waals surface area contributed by atoms with E-state index in [4.69, 9.17) is 4.74 Å². The van der Waals surface area contributed by atoms with Crippen molar-refractivity contribution in [2.45, 2.75) is 20.8 Å². The van der Waals surface area contributed by atoms with Gasteiger partial charge in [0, 0.05) is 17.7 Å². The number of para-hydroxylation sites is 1. The summed E-state index contributed by atoms with van der Waals surface area (Å²) in [5.74, 6) is 0.894. The summed E-state index contributed by atoms with van der Waals surface area (Å²) in [5.41, 5.74) is 4.10. The predicted octanol–water partition coefficient (Wildman–Crippen LogP) is 4.08. The fourth-order valence-corrected chi connectivity index (χ4v) is 2.92. The number of carbonyl (C=O) groups excluding carboxylic acids is 1. The molecule has 0 bridgehead atoms. The monoisotopic (exact) mass is 267 g/mol. The third-order valence-corrected chi connectivity index (χ3v) is 4.01. The standard InChI is InChI=1S/C17H17NO2/c1-10-11(2)17-14(9-16(10)20-4)13-7-5-6-8-15(13)18(17)12(3)19/h5-9H,1-4H3. The van der Waals surface area contributed by atoms with Crippen molar-refractivity contribution in [3.05, 3.63) is 41.5 Å². The summed E-state index contributed by atoms with van der Waals surface area (Å²) >= 11 is 0. The van der Waals surface area contributed by atoms with Gasteiger partial charge in [-0.1, -0.05) is 18.2 Å². The second-order valence-electron chi connectivity index (χ2n) is 5.10. The Morgan fingerprint density at radius 3 is 2.45 bits per heavy atom. The molecule has 3 nitrogen and oxygen atoms in total. The number of benzene rings is 2. The molecule has 0 amide bonds. The Labute approximate surface area is 117 Å². The number of hydrogen-bond acceptors (Lipinski definition) is 2. The Bertz CT molecular complexity index is 843. The maximum atomic E-state index is 12.1. The number of rotatable bonds is 1. The predicted molar refractivity (Wildman–Crippen MR) is 81.8 cm³/mol. The SMILES string of the molecule is COc1cc2c3ccccc3n(C(C)=O)c2c(C)c1C. The van der Waals surface area contributed by atoms with Gasteiger partial charge in [-0.3, -0.25) is 9.36 Å². The van der Waals surface area contributed by atoms with Crippen molar-refractivity contribution in [2.75, 3.05) is 7.11 Å². The maximum Gasteiger partial charge on any atom is 0.228 e. The van der Waals surface area contributed by atoms with Crippen LogP contribution in [-0.4, -0.2) is 17.6 Å². The molecule has 0 N–H and O–H groups in total. The fourth-order valence-electron chi connectivity index (χ4n) is 2.92. The van der Waals surface area contributed by atoms with Crippen LogP contribution in [0.2, 0.25) is 0 Å². The summed E-state index contributed by atoms with van der Waals surface area (Å²) in [7, 11) is 1.68. The van der Waals surface area contributed by atoms with E-state index in [1.165, 1.54) is 0 Å². The smallest absolute Gasteiger partial charge is 0.228 e. The van der Waals surface area contributed by atoms with Gasteiger partial charge in [0.1, 0.15) is 5.75 Å². The first-order chi connectivity index (χ1) is 9.56. The summed E-state index contributed by atoms with van der Waals surface area (Å²) in [6.45, 7) is 5.67. The number of ether oxygens (including phenoxy) is 1. The number of aryl methyl sites for hydroxylation is 1. The van der Waals surface area contributed by atoms with Crippen LogP contribution in [0, 0.1) is 13.8 Å². The fraction of sp³-hybridized carbons (Fsp3) is 0.235. The number of carbonyl (C=O) groups is 1. The van der Waals surface area contributed by atoms with E-state index in [0.717, 1.165) is 38.7 Å². The first-order valence-corrected chi connectivity index (χ1v) is 6.64. The topological polar surface area (TPSA) is 31.2 Å². The van der Waals surface area contributed by atoms with Crippen LogP contribution in [-0.2, 0) is 0 Å². The van der Waals surface area contributed by atoms with Crippen molar-refractivity contribution < 1.29 is 9.53 Å². The van der Waals surface area contributed by atoms with Gasteiger partial charge >= 0.3 is 0 Å². The maximum absolute atomic E-state index is 12.1. The van der Waals surface area contributed by atoms with E-state index >= 15 is 0 Å². The zero-order valence-electron chi connectivity index (χ0n) is 12.2. The van der Waals surface area contributed by atoms with Gasteiger partial charge in [-0.15, -0.1) is 0 Å². The molecule has 3 rings (SSSR count). The Hall–Kier alpha value is -2.29. The minimum atomic E-state index is 0.0314. The Kier molecular flexibility index (Phi) is 2.78. The molecule has 2 aromatic carbocycles. The van der Waals surface area contributed by atoms with Crippen LogP contribution in [0.25, 0.3) is 21.8 Å². The molecule has 1 heterocycles. The lowest BCUT2D eigenvalue weighted by Gasteiger charge is -2.11. The summed E-state index contributed by atoms with van der Waals surface area (Å²) in [4.78, 5) is 12.1. The average Bonchev–Trinajstić information content (AvgIpc) is 2.77. The van der Waals surface area contributed by atoms with Gasteiger partial charge in [0.05, 0.1) is 18.1 Å². The molecule has 3 aromatic rings. The minimum Gasteiger partial charge on any atom is -0.496 e. The van der Waals surface area contributed by atoms with Crippen LogP contribution in [0.3, 0.4) is 0 Å². The van der Waals surface area contributed by atoms with E-state index in [-0.39, 0.29) is 5.91 Å². The molecule has 0 aliphatic rings. The van der Waals surface area contributed by atoms with Crippen molar-refractivity contribution in [1.82, 2.24) is 4.57 Å². The molecule has 102 valence electrons. The second kappa shape index (κ2) is 4.37. The average molecular weight is 267 g/mol. The molecule has 3 heteroatoms. The summed E-state index contributed by atoms with van der Waals surface area (Å²) in [6, 6.07) is 10.0. The van der Waals surface area contributed by atoms with Gasteiger partial charge in [-0.05, 0) is 37.1 Å². The van der Waals surface area contributed by atoms with Crippen molar-refractivity contribution in [3.63, 3.8) is 0 Å². The minimum absolute atomic E-state index is 0.0314. The lowest BCUT2D eigenvalue weighted by Crippen LogP contribution is -2.06. The molecular formula is C17H17NO2. The number of hydrogen-bond donors (Lipinski definition) is 0. The lowest BCUT2D eigenvalue weighted by atomic mass is 10.0. The summed E-state index contributed by atoms with van der Waals surface area (Å²) in [6.07, 6.45) is 0. The molecule has 0 saturated carbocycles. The Morgan fingerprint density at radius 2 is 1.80 bits per heavy atom. The van der Waals surface area contributed by atoms with Crippen LogP contribution in [0.5, 0.6) is 5.75 Å². The molecule has 0 saturated heterocycles. The number of aromatic nitrogens is 1. The molecule has 0 fully saturated rings. The van der Waals surface area contributed by atoms with E-state index in [2.05, 4.69) is 0 Å². The third kappa shape index (κ3) is 1.56. The highest BCUT2D eigenvalue weighted by Gasteiger charge is 2.18. The Balaban J connectivity index is 2.63. The molecule has 0 atom stereocenters. The molecule has 0 spiro atoms.